The van der Waals surface area contributed by atoms with Crippen molar-refractivity contribution >= 4 is 39.0 Å². The lowest BCUT2D eigenvalue weighted by molar-refractivity contribution is 0.600. The molecule has 2 aromatic heterocycles. The van der Waals surface area contributed by atoms with Crippen molar-refractivity contribution in [1.82, 2.24) is 9.97 Å². The number of anilines is 1. The summed E-state index contributed by atoms with van der Waals surface area (Å²) in [7, 11) is 0. The summed E-state index contributed by atoms with van der Waals surface area (Å²) in [5.41, 5.74) is 0.590. The smallest absolute Gasteiger partial charge is 0.225 e. The van der Waals surface area contributed by atoms with Crippen LogP contribution in [0.4, 0.5) is 10.2 Å². The highest BCUT2D eigenvalue weighted by Gasteiger charge is 2.15. The van der Waals surface area contributed by atoms with Crippen LogP contribution in [0.1, 0.15) is 23.4 Å². The molecule has 0 bridgehead atoms. The van der Waals surface area contributed by atoms with Crippen molar-refractivity contribution in [1.29, 1.82) is 0 Å². The largest absolute Gasteiger partial charge is 0.363 e. The first kappa shape index (κ1) is 14.2. The zero-order valence-electron chi connectivity index (χ0n) is 11.5. The maximum atomic E-state index is 13.8. The minimum absolute atomic E-state index is 0.188. The average molecular weight is 322 g/mol. The predicted octanol–water partition coefficient (Wildman–Crippen LogP) is 4.97. The van der Waals surface area contributed by atoms with Gasteiger partial charge in [0, 0.05) is 10.4 Å². The van der Waals surface area contributed by atoms with E-state index in [1.54, 1.807) is 23.5 Å². The van der Waals surface area contributed by atoms with Crippen LogP contribution in [0.5, 0.6) is 0 Å². The van der Waals surface area contributed by atoms with Crippen molar-refractivity contribution in [3.8, 4) is 0 Å². The molecule has 0 aliphatic heterocycles. The third kappa shape index (κ3) is 2.84. The van der Waals surface area contributed by atoms with E-state index < -0.39 is 0 Å². The van der Waals surface area contributed by atoms with E-state index in [4.69, 9.17) is 11.6 Å². The van der Waals surface area contributed by atoms with Gasteiger partial charge in [-0.15, -0.1) is 11.3 Å². The van der Waals surface area contributed by atoms with E-state index in [-0.39, 0.29) is 17.1 Å². The second-order valence-electron chi connectivity index (χ2n) is 4.80. The van der Waals surface area contributed by atoms with E-state index in [0.717, 1.165) is 15.1 Å². The third-order valence-electron chi connectivity index (χ3n) is 3.21. The standard InChI is InChI=1S/C15H13ClFN3S/c1-8-7-11-13(19-15(16)20-14(11)21-8)18-9(2)10-5-3-4-6-12(10)17/h3-7,9H,1-2H3,(H,18,19,20). The van der Waals surface area contributed by atoms with Gasteiger partial charge in [0.05, 0.1) is 11.4 Å². The molecule has 0 amide bonds. The van der Waals surface area contributed by atoms with E-state index in [1.807, 2.05) is 26.0 Å². The number of hydrogen-bond acceptors (Lipinski definition) is 4. The van der Waals surface area contributed by atoms with Crippen molar-refractivity contribution in [2.24, 2.45) is 0 Å². The maximum Gasteiger partial charge on any atom is 0.225 e. The van der Waals surface area contributed by atoms with E-state index >= 15 is 0 Å². The summed E-state index contributed by atoms with van der Waals surface area (Å²) in [6.45, 7) is 3.89. The first-order valence-electron chi connectivity index (χ1n) is 6.49. The summed E-state index contributed by atoms with van der Waals surface area (Å²) in [4.78, 5) is 10.4. The molecule has 1 atom stereocenters. The second kappa shape index (κ2) is 5.58. The van der Waals surface area contributed by atoms with Gasteiger partial charge in [-0.3, -0.25) is 0 Å². The number of benzene rings is 1. The van der Waals surface area contributed by atoms with Crippen LogP contribution in [0, 0.1) is 12.7 Å². The van der Waals surface area contributed by atoms with E-state index in [9.17, 15) is 4.39 Å². The number of thiophene rings is 1. The molecule has 0 saturated carbocycles. The molecule has 1 aromatic carbocycles. The number of nitrogens with one attached hydrogen (secondary N) is 1. The second-order valence-corrected chi connectivity index (χ2v) is 6.38. The summed E-state index contributed by atoms with van der Waals surface area (Å²) < 4.78 is 13.8. The van der Waals surface area contributed by atoms with Crippen LogP contribution in [-0.2, 0) is 0 Å². The Kier molecular flexibility index (Phi) is 3.78. The summed E-state index contributed by atoms with van der Waals surface area (Å²) in [6, 6.07) is 8.48. The van der Waals surface area contributed by atoms with Crippen LogP contribution >= 0.6 is 22.9 Å². The molecule has 0 aliphatic rings. The Bertz CT molecular complexity index is 803. The van der Waals surface area contributed by atoms with Crippen LogP contribution in [0.2, 0.25) is 5.28 Å². The summed E-state index contributed by atoms with van der Waals surface area (Å²) in [5, 5.41) is 4.32. The van der Waals surface area contributed by atoms with Crippen LogP contribution in [0.15, 0.2) is 30.3 Å². The molecule has 1 unspecified atom stereocenters. The molecule has 2 heterocycles. The normalized spacial score (nSPS) is 12.6. The number of hydrogen-bond donors (Lipinski definition) is 1. The number of nitrogens with zero attached hydrogens (tertiary/aromatic N) is 2. The Morgan fingerprint density at radius 1 is 1.29 bits per heavy atom. The highest BCUT2D eigenvalue weighted by Crippen LogP contribution is 2.31. The SMILES string of the molecule is Cc1cc2c(NC(C)c3ccccc3F)nc(Cl)nc2s1. The first-order chi connectivity index (χ1) is 10.0. The molecule has 0 radical (unpaired) electrons. The molecule has 1 N–H and O–H groups in total. The fourth-order valence-corrected chi connectivity index (χ4v) is 3.33. The van der Waals surface area contributed by atoms with Gasteiger partial charge in [0.25, 0.3) is 0 Å². The van der Waals surface area contributed by atoms with Gasteiger partial charge in [-0.2, -0.15) is 0 Å². The number of rotatable bonds is 3. The Morgan fingerprint density at radius 3 is 2.81 bits per heavy atom. The van der Waals surface area contributed by atoms with Gasteiger partial charge in [-0.05, 0) is 37.6 Å². The number of halogens is 2. The molecule has 0 spiro atoms. The molecule has 108 valence electrons. The van der Waals surface area contributed by atoms with Gasteiger partial charge in [0.2, 0.25) is 5.28 Å². The van der Waals surface area contributed by atoms with E-state index in [0.29, 0.717) is 11.4 Å². The average Bonchev–Trinajstić information content (AvgIpc) is 2.79. The number of fused-ring (bicyclic) bond motifs is 1. The van der Waals surface area contributed by atoms with Crippen LogP contribution in [-0.4, -0.2) is 9.97 Å². The Balaban J connectivity index is 2.00. The lowest BCUT2D eigenvalue weighted by Crippen LogP contribution is -2.10. The fraction of sp³-hybridized carbons (Fsp3) is 0.200. The monoisotopic (exact) mass is 321 g/mol. The third-order valence-corrected chi connectivity index (χ3v) is 4.33. The van der Waals surface area contributed by atoms with Crippen molar-refractivity contribution < 1.29 is 4.39 Å². The van der Waals surface area contributed by atoms with Crippen molar-refractivity contribution in [2.45, 2.75) is 19.9 Å². The number of aromatic nitrogens is 2. The molecule has 0 aliphatic carbocycles. The molecule has 3 rings (SSSR count). The Labute approximate surface area is 130 Å². The quantitative estimate of drug-likeness (QED) is 0.692. The zero-order chi connectivity index (χ0) is 15.0. The molecule has 3 nitrogen and oxygen atoms in total. The van der Waals surface area contributed by atoms with Gasteiger partial charge in [-0.1, -0.05) is 18.2 Å². The zero-order valence-corrected chi connectivity index (χ0v) is 13.1. The molecule has 0 saturated heterocycles. The lowest BCUT2D eigenvalue weighted by Gasteiger charge is -2.16. The maximum absolute atomic E-state index is 13.8. The highest BCUT2D eigenvalue weighted by atomic mass is 35.5. The summed E-state index contributed by atoms with van der Waals surface area (Å²) >= 11 is 7.52. The summed E-state index contributed by atoms with van der Waals surface area (Å²) in [6.07, 6.45) is 0. The van der Waals surface area contributed by atoms with E-state index in [1.165, 1.54) is 6.07 Å². The van der Waals surface area contributed by atoms with E-state index in [2.05, 4.69) is 15.3 Å². The molecular weight excluding hydrogens is 309 g/mol. The number of aryl methyl sites for hydroxylation is 1. The predicted molar refractivity (Wildman–Crippen MR) is 85.6 cm³/mol. The molecular formula is C15H13ClFN3S. The Morgan fingerprint density at radius 2 is 2.05 bits per heavy atom. The van der Waals surface area contributed by atoms with Crippen molar-refractivity contribution in [3.63, 3.8) is 0 Å². The lowest BCUT2D eigenvalue weighted by atomic mass is 10.1. The van der Waals surface area contributed by atoms with Crippen LogP contribution < -0.4 is 5.32 Å². The summed E-state index contributed by atoms with van der Waals surface area (Å²) in [5.74, 6) is 0.389. The molecule has 21 heavy (non-hydrogen) atoms. The van der Waals surface area contributed by atoms with Gasteiger partial charge in [0.1, 0.15) is 16.5 Å². The topological polar surface area (TPSA) is 37.8 Å². The van der Waals surface area contributed by atoms with Gasteiger partial charge < -0.3 is 5.32 Å². The fourth-order valence-electron chi connectivity index (χ4n) is 2.24. The first-order valence-corrected chi connectivity index (χ1v) is 7.68. The minimum atomic E-state index is -0.240. The van der Waals surface area contributed by atoms with Crippen LogP contribution in [0.3, 0.4) is 0 Å². The van der Waals surface area contributed by atoms with Crippen LogP contribution in [0.25, 0.3) is 10.2 Å². The highest BCUT2D eigenvalue weighted by molar-refractivity contribution is 7.18. The molecule has 6 heteroatoms. The van der Waals surface area contributed by atoms with Gasteiger partial charge >= 0.3 is 0 Å². The minimum Gasteiger partial charge on any atom is -0.363 e. The van der Waals surface area contributed by atoms with Crippen molar-refractivity contribution in [3.05, 3.63) is 51.9 Å². The molecule has 3 aromatic rings. The Hall–Kier alpha value is -1.72. The van der Waals surface area contributed by atoms with Crippen molar-refractivity contribution in [2.75, 3.05) is 5.32 Å². The molecule has 0 fully saturated rings. The van der Waals surface area contributed by atoms with Gasteiger partial charge in [-0.25, -0.2) is 14.4 Å². The van der Waals surface area contributed by atoms with Gasteiger partial charge in [0.15, 0.2) is 0 Å².